The van der Waals surface area contributed by atoms with Gasteiger partial charge < -0.3 is 10.5 Å². The van der Waals surface area contributed by atoms with E-state index >= 15 is 0 Å². The molecular formula is C14H25N3O. The van der Waals surface area contributed by atoms with Gasteiger partial charge in [-0.05, 0) is 45.1 Å². The highest BCUT2D eigenvalue weighted by Crippen LogP contribution is 2.24. The predicted molar refractivity (Wildman–Crippen MR) is 72.8 cm³/mol. The first-order valence-electron chi connectivity index (χ1n) is 7.01. The van der Waals surface area contributed by atoms with Gasteiger partial charge in [0, 0.05) is 18.3 Å². The minimum atomic E-state index is 0.239. The standard InChI is InChI=1S/C14H25N3O/c1-4-12(15)8-14-10(2)16-17(11(14)3)13-6-5-7-18-9-13/h12-13H,4-9,15H2,1-3H3. The van der Waals surface area contributed by atoms with Gasteiger partial charge in [-0.3, -0.25) is 4.68 Å². The van der Waals surface area contributed by atoms with E-state index in [1.165, 1.54) is 17.7 Å². The van der Waals surface area contributed by atoms with Gasteiger partial charge in [0.2, 0.25) is 0 Å². The second-order valence-electron chi connectivity index (χ2n) is 5.34. The van der Waals surface area contributed by atoms with Gasteiger partial charge in [0.1, 0.15) is 0 Å². The fourth-order valence-electron chi connectivity index (χ4n) is 2.67. The average Bonchev–Trinajstić information content (AvgIpc) is 2.67. The van der Waals surface area contributed by atoms with Crippen LogP contribution in [0.5, 0.6) is 0 Å². The van der Waals surface area contributed by atoms with Crippen LogP contribution in [0, 0.1) is 13.8 Å². The van der Waals surface area contributed by atoms with Crippen molar-refractivity contribution in [2.45, 2.75) is 58.5 Å². The number of rotatable bonds is 4. The summed E-state index contributed by atoms with van der Waals surface area (Å²) in [6.07, 6.45) is 4.24. The van der Waals surface area contributed by atoms with Crippen LogP contribution in [-0.4, -0.2) is 29.0 Å². The molecule has 4 nitrogen and oxygen atoms in total. The molecule has 4 heteroatoms. The Kier molecular flexibility index (Phi) is 4.40. The molecule has 2 heterocycles. The number of nitrogens with two attached hydrogens (primary N) is 1. The lowest BCUT2D eigenvalue weighted by Gasteiger charge is -2.23. The van der Waals surface area contributed by atoms with Crippen LogP contribution in [0.25, 0.3) is 0 Å². The average molecular weight is 251 g/mol. The fraction of sp³-hybridized carbons (Fsp3) is 0.786. The van der Waals surface area contributed by atoms with E-state index in [0.29, 0.717) is 6.04 Å². The molecule has 102 valence electrons. The fourth-order valence-corrected chi connectivity index (χ4v) is 2.67. The summed E-state index contributed by atoms with van der Waals surface area (Å²) in [5, 5.41) is 4.70. The van der Waals surface area contributed by atoms with Gasteiger partial charge >= 0.3 is 0 Å². The summed E-state index contributed by atoms with van der Waals surface area (Å²) in [6, 6.07) is 0.645. The van der Waals surface area contributed by atoms with Crippen LogP contribution in [0.1, 0.15) is 49.2 Å². The minimum Gasteiger partial charge on any atom is -0.379 e. The van der Waals surface area contributed by atoms with Gasteiger partial charge in [0.25, 0.3) is 0 Å². The van der Waals surface area contributed by atoms with Gasteiger partial charge in [-0.25, -0.2) is 0 Å². The topological polar surface area (TPSA) is 53.1 Å². The van der Waals surface area contributed by atoms with Crippen LogP contribution in [-0.2, 0) is 11.2 Å². The smallest absolute Gasteiger partial charge is 0.0756 e. The van der Waals surface area contributed by atoms with Crippen LogP contribution < -0.4 is 5.73 Å². The van der Waals surface area contributed by atoms with E-state index in [1.807, 2.05) is 0 Å². The summed E-state index contributed by atoms with van der Waals surface area (Å²) in [4.78, 5) is 0. The highest BCUT2D eigenvalue weighted by atomic mass is 16.5. The molecular weight excluding hydrogens is 226 g/mol. The van der Waals surface area contributed by atoms with Crippen molar-refractivity contribution in [3.63, 3.8) is 0 Å². The predicted octanol–water partition coefficient (Wildman–Crippen LogP) is 2.13. The number of hydrogen-bond donors (Lipinski definition) is 1. The Morgan fingerprint density at radius 1 is 1.50 bits per heavy atom. The Morgan fingerprint density at radius 2 is 2.28 bits per heavy atom. The molecule has 0 bridgehead atoms. The van der Waals surface area contributed by atoms with Crippen LogP contribution in [0.4, 0.5) is 0 Å². The SMILES string of the molecule is CCC(N)Cc1c(C)nn(C2CCCOC2)c1C. The second kappa shape index (κ2) is 5.85. The van der Waals surface area contributed by atoms with E-state index in [9.17, 15) is 0 Å². The maximum absolute atomic E-state index is 6.07. The zero-order chi connectivity index (χ0) is 13.1. The molecule has 1 aromatic rings. The van der Waals surface area contributed by atoms with Crippen molar-refractivity contribution < 1.29 is 4.74 Å². The highest BCUT2D eigenvalue weighted by Gasteiger charge is 2.21. The van der Waals surface area contributed by atoms with Crippen molar-refractivity contribution in [3.05, 3.63) is 17.0 Å². The van der Waals surface area contributed by atoms with E-state index in [0.717, 1.165) is 38.2 Å². The van der Waals surface area contributed by atoms with Crippen molar-refractivity contribution in [2.24, 2.45) is 5.73 Å². The van der Waals surface area contributed by atoms with E-state index in [1.54, 1.807) is 0 Å². The lowest BCUT2D eigenvalue weighted by Crippen LogP contribution is -2.24. The molecule has 2 rings (SSSR count). The minimum absolute atomic E-state index is 0.239. The van der Waals surface area contributed by atoms with Gasteiger partial charge in [0.15, 0.2) is 0 Å². The number of aromatic nitrogens is 2. The lowest BCUT2D eigenvalue weighted by atomic mass is 10.0. The first-order valence-corrected chi connectivity index (χ1v) is 7.01. The number of aryl methyl sites for hydroxylation is 1. The Morgan fingerprint density at radius 3 is 2.89 bits per heavy atom. The summed E-state index contributed by atoms with van der Waals surface area (Å²) in [5.74, 6) is 0. The zero-order valence-corrected chi connectivity index (χ0v) is 11.8. The highest BCUT2D eigenvalue weighted by molar-refractivity contribution is 5.26. The quantitative estimate of drug-likeness (QED) is 0.892. The third-order valence-corrected chi connectivity index (χ3v) is 3.95. The second-order valence-corrected chi connectivity index (χ2v) is 5.34. The van der Waals surface area contributed by atoms with Crippen LogP contribution >= 0.6 is 0 Å². The largest absolute Gasteiger partial charge is 0.379 e. The molecule has 1 aliphatic heterocycles. The van der Waals surface area contributed by atoms with Crippen molar-refractivity contribution in [1.29, 1.82) is 0 Å². The first-order chi connectivity index (χ1) is 8.63. The molecule has 2 atom stereocenters. The summed E-state index contributed by atoms with van der Waals surface area (Å²) in [5.41, 5.74) is 9.79. The molecule has 2 N–H and O–H groups in total. The molecule has 1 saturated heterocycles. The van der Waals surface area contributed by atoms with Crippen LogP contribution in [0.15, 0.2) is 0 Å². The molecule has 0 spiro atoms. The summed E-state index contributed by atoms with van der Waals surface area (Å²) < 4.78 is 7.72. The van der Waals surface area contributed by atoms with Gasteiger partial charge in [-0.2, -0.15) is 5.10 Å². The van der Waals surface area contributed by atoms with Crippen molar-refractivity contribution in [2.75, 3.05) is 13.2 Å². The van der Waals surface area contributed by atoms with Crippen molar-refractivity contribution in [3.8, 4) is 0 Å². The normalized spacial score (nSPS) is 22.1. The van der Waals surface area contributed by atoms with Crippen LogP contribution in [0.3, 0.4) is 0 Å². The molecule has 18 heavy (non-hydrogen) atoms. The Balaban J connectivity index is 2.19. The number of nitrogens with zero attached hydrogens (tertiary/aromatic N) is 2. The molecule has 1 fully saturated rings. The van der Waals surface area contributed by atoms with Gasteiger partial charge in [-0.1, -0.05) is 6.92 Å². The Hall–Kier alpha value is -0.870. The van der Waals surface area contributed by atoms with Gasteiger partial charge in [-0.15, -0.1) is 0 Å². The molecule has 0 radical (unpaired) electrons. The van der Waals surface area contributed by atoms with E-state index < -0.39 is 0 Å². The van der Waals surface area contributed by atoms with E-state index in [2.05, 4.69) is 25.5 Å². The summed E-state index contributed by atoms with van der Waals surface area (Å²) in [6.45, 7) is 8.07. The van der Waals surface area contributed by atoms with E-state index in [4.69, 9.17) is 15.6 Å². The maximum Gasteiger partial charge on any atom is 0.0756 e. The Labute approximate surface area is 110 Å². The van der Waals surface area contributed by atoms with Crippen molar-refractivity contribution >= 4 is 0 Å². The monoisotopic (exact) mass is 251 g/mol. The summed E-state index contributed by atoms with van der Waals surface area (Å²) in [7, 11) is 0. The molecule has 0 saturated carbocycles. The third kappa shape index (κ3) is 2.75. The molecule has 0 aromatic carbocycles. The number of ether oxygens (including phenoxy) is 1. The van der Waals surface area contributed by atoms with E-state index in [-0.39, 0.29) is 6.04 Å². The van der Waals surface area contributed by atoms with Gasteiger partial charge in [0.05, 0.1) is 18.3 Å². The zero-order valence-electron chi connectivity index (χ0n) is 11.8. The number of hydrogen-bond acceptors (Lipinski definition) is 3. The molecule has 0 amide bonds. The van der Waals surface area contributed by atoms with Crippen LogP contribution in [0.2, 0.25) is 0 Å². The molecule has 0 aliphatic carbocycles. The molecule has 2 unspecified atom stereocenters. The third-order valence-electron chi connectivity index (χ3n) is 3.95. The Bertz CT molecular complexity index is 394. The molecule has 1 aromatic heterocycles. The first kappa shape index (κ1) is 13.6. The molecule has 1 aliphatic rings. The maximum atomic E-state index is 6.07. The lowest BCUT2D eigenvalue weighted by molar-refractivity contribution is 0.0541. The van der Waals surface area contributed by atoms with Crippen molar-refractivity contribution in [1.82, 2.24) is 9.78 Å². The summed E-state index contributed by atoms with van der Waals surface area (Å²) >= 11 is 0.